The molecule has 0 aromatic carbocycles. The van der Waals surface area contributed by atoms with E-state index in [1.807, 2.05) is 0 Å². The number of anilines is 2. The molecule has 0 atom stereocenters. The summed E-state index contributed by atoms with van der Waals surface area (Å²) in [4.78, 5) is 4.00. The van der Waals surface area contributed by atoms with Gasteiger partial charge in [-0.3, -0.25) is 4.72 Å². The van der Waals surface area contributed by atoms with Crippen molar-refractivity contribution in [3.63, 3.8) is 0 Å². The zero-order chi connectivity index (χ0) is 12.5. The number of hydrogen-bond acceptors (Lipinski definition) is 5. The lowest BCUT2D eigenvalue weighted by Crippen LogP contribution is -2.13. The summed E-state index contributed by atoms with van der Waals surface area (Å²) in [7, 11) is -1.61. The molecule has 1 heterocycles. The van der Waals surface area contributed by atoms with E-state index in [1.54, 1.807) is 13.1 Å². The van der Waals surface area contributed by atoms with Crippen LogP contribution in [0.25, 0.3) is 0 Å². The Morgan fingerprint density at radius 2 is 2.18 bits per heavy atom. The van der Waals surface area contributed by atoms with Crippen molar-refractivity contribution in [3.05, 3.63) is 12.3 Å². The largest absolute Gasteiger partial charge is 0.484 e. The van der Waals surface area contributed by atoms with Crippen molar-refractivity contribution in [3.8, 4) is 5.75 Å². The quantitative estimate of drug-likeness (QED) is 0.823. The van der Waals surface area contributed by atoms with E-state index in [1.165, 1.54) is 6.20 Å². The van der Waals surface area contributed by atoms with E-state index in [2.05, 4.69) is 15.0 Å². The Morgan fingerprint density at radius 3 is 2.71 bits per heavy atom. The van der Waals surface area contributed by atoms with Crippen molar-refractivity contribution in [1.29, 1.82) is 0 Å². The highest BCUT2D eigenvalue weighted by atomic mass is 32.2. The average molecular weight is 257 g/mol. The van der Waals surface area contributed by atoms with Crippen LogP contribution in [0.3, 0.4) is 0 Å². The molecule has 2 N–H and O–H groups in total. The summed E-state index contributed by atoms with van der Waals surface area (Å²) in [6.45, 7) is 0. The summed E-state index contributed by atoms with van der Waals surface area (Å²) in [5.74, 6) is 0.689. The summed E-state index contributed by atoms with van der Waals surface area (Å²) in [6.07, 6.45) is 4.78. The Balaban J connectivity index is 2.34. The van der Waals surface area contributed by atoms with Crippen LogP contribution in [0.15, 0.2) is 12.3 Å². The Hall–Kier alpha value is -1.50. The van der Waals surface area contributed by atoms with Crippen molar-refractivity contribution in [2.24, 2.45) is 0 Å². The van der Waals surface area contributed by atoms with Crippen LogP contribution < -0.4 is 14.8 Å². The number of hydrogen-bond donors (Lipinski definition) is 2. The van der Waals surface area contributed by atoms with Gasteiger partial charge >= 0.3 is 0 Å². The third kappa shape index (κ3) is 3.23. The zero-order valence-electron chi connectivity index (χ0n) is 9.73. The fourth-order valence-corrected chi connectivity index (χ4v) is 1.86. The van der Waals surface area contributed by atoms with Gasteiger partial charge in [0, 0.05) is 13.2 Å². The predicted octanol–water partition coefficient (Wildman–Crippen LogP) is 1.04. The van der Waals surface area contributed by atoms with Crippen LogP contribution in [-0.4, -0.2) is 32.8 Å². The zero-order valence-corrected chi connectivity index (χ0v) is 10.5. The van der Waals surface area contributed by atoms with Crippen molar-refractivity contribution in [1.82, 2.24) is 4.98 Å². The molecule has 1 aliphatic rings. The van der Waals surface area contributed by atoms with Crippen LogP contribution in [0.1, 0.15) is 12.8 Å². The monoisotopic (exact) mass is 257 g/mol. The van der Waals surface area contributed by atoms with Crippen molar-refractivity contribution in [2.45, 2.75) is 18.9 Å². The van der Waals surface area contributed by atoms with Gasteiger partial charge in [-0.15, -0.1) is 0 Å². The molecule has 94 valence electrons. The Bertz CT molecular complexity index is 512. The topological polar surface area (TPSA) is 80.3 Å². The van der Waals surface area contributed by atoms with Crippen LogP contribution >= 0.6 is 0 Å². The fourth-order valence-electron chi connectivity index (χ4n) is 1.37. The maximum absolute atomic E-state index is 11.2. The number of sulfonamides is 1. The maximum atomic E-state index is 11.2. The number of rotatable bonds is 5. The Kier molecular flexibility index (Phi) is 3.10. The number of nitrogens with zero attached hydrogens (tertiary/aromatic N) is 1. The van der Waals surface area contributed by atoms with Gasteiger partial charge in [0.15, 0.2) is 11.6 Å². The van der Waals surface area contributed by atoms with Gasteiger partial charge in [0.25, 0.3) is 0 Å². The molecule has 0 spiro atoms. The lowest BCUT2D eigenvalue weighted by Gasteiger charge is -2.14. The average Bonchev–Trinajstić information content (AvgIpc) is 3.02. The SMILES string of the molecule is CNc1ccnc(NS(C)(=O)=O)c1OC1CC1. The normalized spacial score (nSPS) is 15.4. The van der Waals surface area contributed by atoms with E-state index in [0.29, 0.717) is 5.75 Å². The van der Waals surface area contributed by atoms with Crippen LogP contribution in [-0.2, 0) is 10.0 Å². The minimum atomic E-state index is -3.36. The van der Waals surface area contributed by atoms with E-state index < -0.39 is 10.0 Å². The highest BCUT2D eigenvalue weighted by Crippen LogP contribution is 2.36. The summed E-state index contributed by atoms with van der Waals surface area (Å²) in [5.41, 5.74) is 0.720. The molecular formula is C10H15N3O3S. The van der Waals surface area contributed by atoms with Gasteiger partial charge in [-0.2, -0.15) is 0 Å². The van der Waals surface area contributed by atoms with E-state index in [4.69, 9.17) is 4.74 Å². The summed E-state index contributed by atoms with van der Waals surface area (Å²) in [6, 6.07) is 1.74. The van der Waals surface area contributed by atoms with Crippen LogP contribution in [0.2, 0.25) is 0 Å². The van der Waals surface area contributed by atoms with Crippen molar-refractivity contribution < 1.29 is 13.2 Å². The number of ether oxygens (including phenoxy) is 1. The van der Waals surface area contributed by atoms with Crippen LogP contribution in [0, 0.1) is 0 Å². The number of nitrogens with one attached hydrogen (secondary N) is 2. The highest BCUT2D eigenvalue weighted by Gasteiger charge is 2.26. The lowest BCUT2D eigenvalue weighted by atomic mass is 10.3. The third-order valence-electron chi connectivity index (χ3n) is 2.26. The van der Waals surface area contributed by atoms with Gasteiger partial charge in [0.1, 0.15) is 0 Å². The van der Waals surface area contributed by atoms with Gasteiger partial charge in [0.05, 0.1) is 18.0 Å². The molecule has 0 amide bonds. The van der Waals surface area contributed by atoms with E-state index in [0.717, 1.165) is 24.8 Å². The van der Waals surface area contributed by atoms with Crippen LogP contribution in [0.4, 0.5) is 11.5 Å². The molecule has 0 radical (unpaired) electrons. The molecule has 1 saturated carbocycles. The third-order valence-corrected chi connectivity index (χ3v) is 2.83. The summed E-state index contributed by atoms with van der Waals surface area (Å²) < 4.78 is 30.5. The van der Waals surface area contributed by atoms with E-state index in [-0.39, 0.29) is 11.9 Å². The Labute approximate surface area is 100 Å². The highest BCUT2D eigenvalue weighted by molar-refractivity contribution is 7.92. The summed E-state index contributed by atoms with van der Waals surface area (Å²) in [5, 5.41) is 2.96. The smallest absolute Gasteiger partial charge is 0.231 e. The van der Waals surface area contributed by atoms with Crippen molar-refractivity contribution >= 4 is 21.5 Å². The maximum Gasteiger partial charge on any atom is 0.231 e. The standard InChI is InChI=1S/C10H15N3O3S/c1-11-8-5-6-12-10(13-17(2,14)15)9(8)16-7-3-4-7/h5-7H,3-4H2,1-2H3,(H2,11,12,13). The Morgan fingerprint density at radius 1 is 1.47 bits per heavy atom. The molecule has 0 saturated heterocycles. The molecule has 1 fully saturated rings. The molecule has 1 aromatic heterocycles. The first-order valence-electron chi connectivity index (χ1n) is 5.31. The minimum Gasteiger partial charge on any atom is -0.484 e. The first-order valence-corrected chi connectivity index (χ1v) is 7.20. The molecule has 1 aromatic rings. The number of pyridine rings is 1. The lowest BCUT2D eigenvalue weighted by molar-refractivity contribution is 0.305. The van der Waals surface area contributed by atoms with Crippen molar-refractivity contribution in [2.75, 3.05) is 23.3 Å². The van der Waals surface area contributed by atoms with Gasteiger partial charge < -0.3 is 10.1 Å². The second-order valence-electron chi connectivity index (χ2n) is 3.98. The molecule has 17 heavy (non-hydrogen) atoms. The molecule has 6 nitrogen and oxygen atoms in total. The number of aromatic nitrogens is 1. The minimum absolute atomic E-state index is 0.173. The molecule has 7 heteroatoms. The van der Waals surface area contributed by atoms with Crippen LogP contribution in [0.5, 0.6) is 5.75 Å². The molecule has 0 bridgehead atoms. The van der Waals surface area contributed by atoms with Gasteiger partial charge in [-0.25, -0.2) is 13.4 Å². The van der Waals surface area contributed by atoms with Gasteiger partial charge in [-0.05, 0) is 18.9 Å². The molecule has 2 rings (SSSR count). The molecule has 0 unspecified atom stereocenters. The molecule has 0 aliphatic heterocycles. The fraction of sp³-hybridized carbons (Fsp3) is 0.500. The van der Waals surface area contributed by atoms with Gasteiger partial charge in [0.2, 0.25) is 10.0 Å². The molecular weight excluding hydrogens is 242 g/mol. The summed E-state index contributed by atoms with van der Waals surface area (Å²) >= 11 is 0. The predicted molar refractivity (Wildman–Crippen MR) is 65.9 cm³/mol. The first-order chi connectivity index (χ1) is 7.99. The molecule has 1 aliphatic carbocycles. The first kappa shape index (κ1) is 12.0. The second-order valence-corrected chi connectivity index (χ2v) is 5.73. The van der Waals surface area contributed by atoms with E-state index in [9.17, 15) is 8.42 Å². The van der Waals surface area contributed by atoms with Gasteiger partial charge in [-0.1, -0.05) is 0 Å². The second kappa shape index (κ2) is 4.40. The van der Waals surface area contributed by atoms with E-state index >= 15 is 0 Å².